The highest BCUT2D eigenvalue weighted by atomic mass is 79.9. The highest BCUT2D eigenvalue weighted by molar-refractivity contribution is 9.10. The summed E-state index contributed by atoms with van der Waals surface area (Å²) in [6.45, 7) is 1.25. The molecule has 2 aromatic carbocycles. The molecule has 0 radical (unpaired) electrons. The van der Waals surface area contributed by atoms with Crippen molar-refractivity contribution in [1.82, 2.24) is 4.72 Å². The van der Waals surface area contributed by atoms with Gasteiger partial charge in [0.2, 0.25) is 15.9 Å². The fourth-order valence-electron chi connectivity index (χ4n) is 2.85. The van der Waals surface area contributed by atoms with Crippen LogP contribution in [0.15, 0.2) is 57.9 Å². The van der Waals surface area contributed by atoms with Crippen molar-refractivity contribution in [2.45, 2.75) is 30.3 Å². The second-order valence-electron chi connectivity index (χ2n) is 6.62. The smallest absolute Gasteiger partial charge is 0.240 e. The zero-order valence-electron chi connectivity index (χ0n) is 15.8. The second-order valence-corrected chi connectivity index (χ2v) is 9.31. The Hall–Kier alpha value is -1.94. The third-order valence-electron chi connectivity index (χ3n) is 4.35. The molecule has 1 amide bonds. The standard InChI is InChI=1S/C20H23BrN2O5S/c21-15-6-8-19(9-7-15)29(25,26)22-11-10-20(24)23-16-3-1-4-17(13-16)28-14-18-5-2-12-27-18/h1,3-4,6-9,13,18,22H,2,5,10-12,14H2,(H,23,24). The van der Waals surface area contributed by atoms with Crippen molar-refractivity contribution in [2.24, 2.45) is 0 Å². The SMILES string of the molecule is O=C(CCNS(=O)(=O)c1ccc(Br)cc1)Nc1cccc(OCC2CCCO2)c1. The summed E-state index contributed by atoms with van der Waals surface area (Å²) in [6.07, 6.45) is 2.17. The van der Waals surface area contributed by atoms with Gasteiger partial charge in [0.1, 0.15) is 12.4 Å². The summed E-state index contributed by atoms with van der Waals surface area (Å²) < 4.78 is 38.9. The molecule has 0 spiro atoms. The van der Waals surface area contributed by atoms with Gasteiger partial charge in [-0.1, -0.05) is 22.0 Å². The lowest BCUT2D eigenvalue weighted by molar-refractivity contribution is -0.116. The highest BCUT2D eigenvalue weighted by Crippen LogP contribution is 2.20. The van der Waals surface area contributed by atoms with Gasteiger partial charge in [-0.2, -0.15) is 0 Å². The minimum Gasteiger partial charge on any atom is -0.491 e. The highest BCUT2D eigenvalue weighted by Gasteiger charge is 2.16. The van der Waals surface area contributed by atoms with E-state index in [1.165, 1.54) is 12.1 Å². The number of amides is 1. The van der Waals surface area contributed by atoms with Gasteiger partial charge in [-0.25, -0.2) is 13.1 Å². The van der Waals surface area contributed by atoms with Gasteiger partial charge in [-0.05, 0) is 49.2 Å². The Morgan fingerprint density at radius 1 is 1.21 bits per heavy atom. The normalized spacial score (nSPS) is 16.5. The third-order valence-corrected chi connectivity index (χ3v) is 6.35. The van der Waals surface area contributed by atoms with Crippen LogP contribution in [-0.2, 0) is 19.6 Å². The first-order valence-corrected chi connectivity index (χ1v) is 11.6. The van der Waals surface area contributed by atoms with Crippen LogP contribution in [0.25, 0.3) is 0 Å². The van der Waals surface area contributed by atoms with E-state index in [1.54, 1.807) is 30.3 Å². The van der Waals surface area contributed by atoms with Gasteiger partial charge < -0.3 is 14.8 Å². The molecule has 9 heteroatoms. The van der Waals surface area contributed by atoms with Gasteiger partial charge in [-0.3, -0.25) is 4.79 Å². The molecule has 7 nitrogen and oxygen atoms in total. The number of ether oxygens (including phenoxy) is 2. The third kappa shape index (κ3) is 6.81. The molecule has 3 rings (SSSR count). The van der Waals surface area contributed by atoms with Crippen molar-refractivity contribution in [3.8, 4) is 5.75 Å². The molecule has 0 aromatic heterocycles. The first-order valence-electron chi connectivity index (χ1n) is 9.32. The van der Waals surface area contributed by atoms with Crippen molar-refractivity contribution < 1.29 is 22.7 Å². The van der Waals surface area contributed by atoms with E-state index in [1.807, 2.05) is 6.07 Å². The van der Waals surface area contributed by atoms with E-state index in [-0.39, 0.29) is 29.9 Å². The number of carbonyl (C=O) groups excluding carboxylic acids is 1. The predicted octanol–water partition coefficient (Wildman–Crippen LogP) is 3.31. The van der Waals surface area contributed by atoms with Gasteiger partial charge in [0, 0.05) is 35.8 Å². The maximum absolute atomic E-state index is 12.2. The lowest BCUT2D eigenvalue weighted by atomic mass is 10.2. The molecule has 156 valence electrons. The fraction of sp³-hybridized carbons (Fsp3) is 0.350. The maximum atomic E-state index is 12.2. The lowest BCUT2D eigenvalue weighted by Crippen LogP contribution is -2.27. The van der Waals surface area contributed by atoms with Gasteiger partial charge in [0.05, 0.1) is 11.0 Å². The van der Waals surface area contributed by atoms with Gasteiger partial charge >= 0.3 is 0 Å². The number of carbonyl (C=O) groups is 1. The molecule has 1 aliphatic rings. The number of sulfonamides is 1. The van der Waals surface area contributed by atoms with Gasteiger partial charge in [0.25, 0.3) is 0 Å². The minimum atomic E-state index is -3.65. The van der Waals surface area contributed by atoms with Crippen LogP contribution in [0.1, 0.15) is 19.3 Å². The van der Waals surface area contributed by atoms with E-state index in [0.29, 0.717) is 18.0 Å². The average Bonchev–Trinajstić information content (AvgIpc) is 3.20. The number of hydrogen-bond donors (Lipinski definition) is 2. The zero-order chi connectivity index (χ0) is 20.7. The zero-order valence-corrected chi connectivity index (χ0v) is 18.2. The average molecular weight is 483 g/mol. The number of nitrogens with one attached hydrogen (secondary N) is 2. The summed E-state index contributed by atoms with van der Waals surface area (Å²) in [4.78, 5) is 12.3. The summed E-state index contributed by atoms with van der Waals surface area (Å²) in [5, 5.41) is 2.75. The molecule has 1 fully saturated rings. The molecule has 29 heavy (non-hydrogen) atoms. The molecule has 0 aliphatic carbocycles. The Morgan fingerprint density at radius 3 is 2.72 bits per heavy atom. The topological polar surface area (TPSA) is 93.7 Å². The van der Waals surface area contributed by atoms with E-state index >= 15 is 0 Å². The van der Waals surface area contributed by atoms with Crippen LogP contribution in [0.3, 0.4) is 0 Å². The van der Waals surface area contributed by atoms with E-state index in [9.17, 15) is 13.2 Å². The molecule has 0 saturated carbocycles. The van der Waals surface area contributed by atoms with Crippen molar-refractivity contribution in [3.63, 3.8) is 0 Å². The van der Waals surface area contributed by atoms with Crippen molar-refractivity contribution in [2.75, 3.05) is 25.1 Å². The quantitative estimate of drug-likeness (QED) is 0.571. The van der Waals surface area contributed by atoms with Crippen LogP contribution in [0.2, 0.25) is 0 Å². The minimum absolute atomic E-state index is 0.000555. The Balaban J connectivity index is 1.45. The Kier molecular flexibility index (Phi) is 7.65. The van der Waals surface area contributed by atoms with Gasteiger partial charge in [0.15, 0.2) is 0 Å². The van der Waals surface area contributed by atoms with Crippen LogP contribution in [0.4, 0.5) is 5.69 Å². The van der Waals surface area contributed by atoms with Crippen LogP contribution in [-0.4, -0.2) is 40.2 Å². The number of hydrogen-bond acceptors (Lipinski definition) is 5. The van der Waals surface area contributed by atoms with E-state index in [2.05, 4.69) is 26.0 Å². The van der Waals surface area contributed by atoms with Crippen LogP contribution >= 0.6 is 15.9 Å². The first-order chi connectivity index (χ1) is 13.9. The number of anilines is 1. The van der Waals surface area contributed by atoms with Crippen LogP contribution in [0, 0.1) is 0 Å². The largest absolute Gasteiger partial charge is 0.491 e. The molecule has 2 N–H and O–H groups in total. The summed E-state index contributed by atoms with van der Waals surface area (Å²) in [5.41, 5.74) is 0.593. The molecule has 1 heterocycles. The predicted molar refractivity (Wildman–Crippen MR) is 113 cm³/mol. The summed E-state index contributed by atoms with van der Waals surface area (Å²) in [7, 11) is -3.65. The van der Waals surface area contributed by atoms with Crippen molar-refractivity contribution >= 4 is 37.5 Å². The maximum Gasteiger partial charge on any atom is 0.240 e. The molecule has 1 unspecified atom stereocenters. The fourth-order valence-corrected chi connectivity index (χ4v) is 4.14. The number of benzene rings is 2. The van der Waals surface area contributed by atoms with E-state index in [4.69, 9.17) is 9.47 Å². The number of halogens is 1. The van der Waals surface area contributed by atoms with Gasteiger partial charge in [-0.15, -0.1) is 0 Å². The summed E-state index contributed by atoms with van der Waals surface area (Å²) in [5.74, 6) is 0.356. The van der Waals surface area contributed by atoms with Crippen molar-refractivity contribution in [3.05, 3.63) is 53.0 Å². The molecule has 0 bridgehead atoms. The monoisotopic (exact) mass is 482 g/mol. The molecule has 2 aromatic rings. The van der Waals surface area contributed by atoms with Crippen LogP contribution in [0.5, 0.6) is 5.75 Å². The Bertz CT molecular complexity index is 928. The Labute approximate surface area is 179 Å². The van der Waals surface area contributed by atoms with E-state index in [0.717, 1.165) is 23.9 Å². The lowest BCUT2D eigenvalue weighted by Gasteiger charge is -2.12. The molecular weight excluding hydrogens is 460 g/mol. The molecular formula is C20H23BrN2O5S. The Morgan fingerprint density at radius 2 is 2.00 bits per heavy atom. The van der Waals surface area contributed by atoms with Crippen molar-refractivity contribution in [1.29, 1.82) is 0 Å². The summed E-state index contributed by atoms with van der Waals surface area (Å²) >= 11 is 3.26. The van der Waals surface area contributed by atoms with Crippen LogP contribution < -0.4 is 14.8 Å². The molecule has 1 atom stereocenters. The summed E-state index contributed by atoms with van der Waals surface area (Å²) in [6, 6.07) is 13.4. The first kappa shape index (κ1) is 21.8. The molecule has 1 saturated heterocycles. The number of rotatable bonds is 9. The van der Waals surface area contributed by atoms with E-state index < -0.39 is 10.0 Å². The second kappa shape index (κ2) is 10.2. The molecule has 1 aliphatic heterocycles.